The zero-order valence-corrected chi connectivity index (χ0v) is 10.7. The van der Waals surface area contributed by atoms with Crippen LogP contribution in [0.3, 0.4) is 0 Å². The van der Waals surface area contributed by atoms with E-state index in [4.69, 9.17) is 4.52 Å². The lowest BCUT2D eigenvalue weighted by atomic mass is 10.2. The lowest BCUT2D eigenvalue weighted by Gasteiger charge is -2.03. The van der Waals surface area contributed by atoms with Crippen molar-refractivity contribution in [3.63, 3.8) is 0 Å². The zero-order chi connectivity index (χ0) is 12.6. The van der Waals surface area contributed by atoms with Crippen molar-refractivity contribution < 1.29 is 12.9 Å². The van der Waals surface area contributed by atoms with Crippen LogP contribution in [0.15, 0.2) is 22.1 Å². The molecule has 0 aliphatic rings. The van der Waals surface area contributed by atoms with Gasteiger partial charge in [-0.15, -0.1) is 0 Å². The quantitative estimate of drug-likeness (QED) is 0.817. The third-order valence-corrected chi connectivity index (χ3v) is 4.19. The minimum Gasteiger partial charge on any atom is -0.361 e. The molecule has 0 aromatic carbocycles. The molecule has 7 heteroatoms. The largest absolute Gasteiger partial charge is 0.361 e. The van der Waals surface area contributed by atoms with Crippen LogP contribution < -0.4 is 0 Å². The highest BCUT2D eigenvalue weighted by Gasteiger charge is 2.23. The average molecular weight is 255 g/mol. The van der Waals surface area contributed by atoms with Crippen LogP contribution in [0, 0.1) is 13.8 Å². The molecule has 2 aromatic heterocycles. The van der Waals surface area contributed by atoms with Crippen LogP contribution in [0.1, 0.15) is 17.0 Å². The van der Waals surface area contributed by atoms with Crippen LogP contribution in [-0.2, 0) is 22.6 Å². The number of aryl methyl sites for hydroxylation is 3. The molecular formula is C10H13N3O3S. The van der Waals surface area contributed by atoms with E-state index in [0.29, 0.717) is 17.0 Å². The Hall–Kier alpha value is -1.63. The molecule has 0 saturated heterocycles. The number of hydrogen-bond donors (Lipinski definition) is 0. The van der Waals surface area contributed by atoms with Gasteiger partial charge in [0, 0.05) is 25.0 Å². The summed E-state index contributed by atoms with van der Waals surface area (Å²) in [6.07, 6.45) is 3.06. The van der Waals surface area contributed by atoms with E-state index in [-0.39, 0.29) is 10.9 Å². The van der Waals surface area contributed by atoms with Crippen molar-refractivity contribution in [3.05, 3.63) is 29.4 Å². The number of sulfone groups is 1. The Balaban J connectivity index is 2.40. The molecular weight excluding hydrogens is 242 g/mol. The maximum absolute atomic E-state index is 12.1. The number of imidazole rings is 1. The Bertz CT molecular complexity index is 620. The van der Waals surface area contributed by atoms with Crippen LogP contribution in [0.2, 0.25) is 0 Å². The van der Waals surface area contributed by atoms with E-state index in [2.05, 4.69) is 10.1 Å². The van der Waals surface area contributed by atoms with Crippen molar-refractivity contribution in [1.82, 2.24) is 14.7 Å². The fraction of sp³-hybridized carbons (Fsp3) is 0.400. The van der Waals surface area contributed by atoms with E-state index >= 15 is 0 Å². The van der Waals surface area contributed by atoms with Crippen molar-refractivity contribution in [2.24, 2.45) is 7.05 Å². The molecule has 2 heterocycles. The van der Waals surface area contributed by atoms with Gasteiger partial charge < -0.3 is 9.09 Å². The summed E-state index contributed by atoms with van der Waals surface area (Å²) >= 11 is 0. The minimum absolute atomic E-state index is 0.0532. The van der Waals surface area contributed by atoms with Gasteiger partial charge in [0.1, 0.15) is 5.76 Å². The van der Waals surface area contributed by atoms with Crippen LogP contribution in [-0.4, -0.2) is 23.1 Å². The van der Waals surface area contributed by atoms with Gasteiger partial charge in [0.05, 0.1) is 11.4 Å². The van der Waals surface area contributed by atoms with Gasteiger partial charge in [-0.05, 0) is 13.8 Å². The molecule has 2 rings (SSSR count). The lowest BCUT2D eigenvalue weighted by molar-refractivity contribution is 0.392. The smallest absolute Gasteiger partial charge is 0.227 e. The molecule has 0 radical (unpaired) electrons. The third kappa shape index (κ3) is 2.10. The van der Waals surface area contributed by atoms with E-state index in [1.54, 1.807) is 27.1 Å². The second-order valence-electron chi connectivity index (χ2n) is 3.88. The molecule has 0 unspecified atom stereocenters. The molecule has 0 saturated carbocycles. The van der Waals surface area contributed by atoms with Crippen molar-refractivity contribution in [1.29, 1.82) is 0 Å². The third-order valence-electron chi connectivity index (χ3n) is 2.57. The molecule has 0 bridgehead atoms. The number of aromatic nitrogens is 3. The highest BCUT2D eigenvalue weighted by molar-refractivity contribution is 7.90. The van der Waals surface area contributed by atoms with Crippen LogP contribution in [0.25, 0.3) is 0 Å². The molecule has 0 N–H and O–H groups in total. The fourth-order valence-electron chi connectivity index (χ4n) is 1.61. The van der Waals surface area contributed by atoms with E-state index in [9.17, 15) is 8.42 Å². The van der Waals surface area contributed by atoms with Crippen molar-refractivity contribution in [2.45, 2.75) is 24.8 Å². The van der Waals surface area contributed by atoms with Crippen LogP contribution in [0.5, 0.6) is 0 Å². The van der Waals surface area contributed by atoms with Gasteiger partial charge in [-0.25, -0.2) is 13.4 Å². The van der Waals surface area contributed by atoms with Gasteiger partial charge in [-0.3, -0.25) is 0 Å². The number of hydrogen-bond acceptors (Lipinski definition) is 5. The summed E-state index contributed by atoms with van der Waals surface area (Å²) in [5.74, 6) is 0.388. The van der Waals surface area contributed by atoms with Crippen molar-refractivity contribution in [3.8, 4) is 0 Å². The fourth-order valence-corrected chi connectivity index (χ4v) is 3.26. The second-order valence-corrected chi connectivity index (χ2v) is 5.77. The second kappa shape index (κ2) is 3.99. The van der Waals surface area contributed by atoms with Gasteiger partial charge >= 0.3 is 0 Å². The summed E-state index contributed by atoms with van der Waals surface area (Å²) in [4.78, 5) is 3.85. The van der Waals surface area contributed by atoms with E-state index in [1.165, 1.54) is 10.8 Å². The first kappa shape index (κ1) is 11.8. The van der Waals surface area contributed by atoms with Crippen molar-refractivity contribution in [2.75, 3.05) is 0 Å². The Morgan fingerprint density at radius 1 is 1.41 bits per heavy atom. The Morgan fingerprint density at radius 3 is 2.59 bits per heavy atom. The maximum Gasteiger partial charge on any atom is 0.227 e. The van der Waals surface area contributed by atoms with Gasteiger partial charge in [-0.1, -0.05) is 5.16 Å². The highest BCUT2D eigenvalue weighted by Crippen LogP contribution is 2.19. The monoisotopic (exact) mass is 255 g/mol. The van der Waals surface area contributed by atoms with Gasteiger partial charge in [0.2, 0.25) is 15.0 Å². The van der Waals surface area contributed by atoms with Gasteiger partial charge in [0.25, 0.3) is 0 Å². The molecule has 0 aliphatic heterocycles. The van der Waals surface area contributed by atoms with Gasteiger partial charge in [-0.2, -0.15) is 0 Å². The maximum atomic E-state index is 12.1. The lowest BCUT2D eigenvalue weighted by Crippen LogP contribution is -2.11. The predicted octanol–water partition coefficient (Wildman–Crippen LogP) is 0.999. The Morgan fingerprint density at radius 2 is 2.12 bits per heavy atom. The highest BCUT2D eigenvalue weighted by atomic mass is 32.2. The predicted molar refractivity (Wildman–Crippen MR) is 60.1 cm³/mol. The zero-order valence-electron chi connectivity index (χ0n) is 9.84. The molecule has 0 fully saturated rings. The van der Waals surface area contributed by atoms with E-state index in [1.807, 2.05) is 0 Å². The minimum atomic E-state index is -3.46. The first-order valence-electron chi connectivity index (χ1n) is 5.03. The molecule has 0 aliphatic carbocycles. The molecule has 92 valence electrons. The summed E-state index contributed by atoms with van der Waals surface area (Å²) in [6.45, 7) is 3.42. The van der Waals surface area contributed by atoms with Gasteiger partial charge in [0.15, 0.2) is 0 Å². The summed E-state index contributed by atoms with van der Waals surface area (Å²) < 4.78 is 30.7. The molecule has 0 spiro atoms. The normalized spacial score (nSPS) is 11.9. The Labute approximate surface area is 99.2 Å². The number of nitrogens with zero attached hydrogens (tertiary/aromatic N) is 3. The molecule has 0 atom stereocenters. The summed E-state index contributed by atoms with van der Waals surface area (Å²) in [5, 5.41) is 3.79. The van der Waals surface area contributed by atoms with E-state index < -0.39 is 9.84 Å². The van der Waals surface area contributed by atoms with E-state index in [0.717, 1.165) is 0 Å². The average Bonchev–Trinajstić information content (AvgIpc) is 2.79. The summed E-state index contributed by atoms with van der Waals surface area (Å²) in [7, 11) is -1.82. The SMILES string of the molecule is Cc1noc(C)c1CS(=O)(=O)c1nccn1C. The van der Waals surface area contributed by atoms with Crippen LogP contribution >= 0.6 is 0 Å². The number of rotatable bonds is 3. The van der Waals surface area contributed by atoms with Crippen molar-refractivity contribution >= 4 is 9.84 Å². The molecule has 0 amide bonds. The first-order valence-corrected chi connectivity index (χ1v) is 6.69. The molecule has 2 aromatic rings. The summed E-state index contributed by atoms with van der Waals surface area (Å²) in [5.41, 5.74) is 1.20. The Kier molecular flexibility index (Phi) is 2.78. The topological polar surface area (TPSA) is 78.0 Å². The van der Waals surface area contributed by atoms with Crippen LogP contribution in [0.4, 0.5) is 0 Å². The molecule has 6 nitrogen and oxygen atoms in total. The standard InChI is InChI=1S/C10H13N3O3S/c1-7-9(8(2)16-12-7)6-17(14,15)10-11-4-5-13(10)3/h4-5H,6H2,1-3H3. The molecule has 17 heavy (non-hydrogen) atoms. The first-order chi connectivity index (χ1) is 7.92. The summed E-state index contributed by atoms with van der Waals surface area (Å²) in [6, 6.07) is 0.